The molecular weight excluding hydrogens is 380 g/mol. The maximum Gasteiger partial charge on any atom is 0.414 e. The number of hydrogen-bond acceptors (Lipinski definition) is 5. The minimum Gasteiger partial charge on any atom is -0.492 e. The van der Waals surface area contributed by atoms with Crippen molar-refractivity contribution in [1.29, 1.82) is 0 Å². The number of likely N-dealkylation sites (N-methyl/N-ethyl adjacent to an activating group) is 1. The van der Waals surface area contributed by atoms with Gasteiger partial charge in [-0.05, 0) is 51.2 Å². The number of ether oxygens (including phenoxy) is 1. The zero-order valence-electron chi connectivity index (χ0n) is 14.4. The lowest BCUT2D eigenvalue weighted by Crippen LogP contribution is -2.29. The molecule has 0 spiro atoms. The lowest BCUT2D eigenvalue weighted by atomic mass is 10.1. The number of aliphatic carboxylic acids is 2. The fourth-order valence-corrected chi connectivity index (χ4v) is 2.46. The Morgan fingerprint density at radius 1 is 1.12 bits per heavy atom. The van der Waals surface area contributed by atoms with E-state index >= 15 is 0 Å². The van der Waals surface area contributed by atoms with E-state index in [2.05, 4.69) is 66.2 Å². The molecule has 0 heterocycles. The van der Waals surface area contributed by atoms with Crippen molar-refractivity contribution in [2.45, 2.75) is 13.8 Å². The smallest absolute Gasteiger partial charge is 0.414 e. The first-order valence-corrected chi connectivity index (χ1v) is 8.15. The maximum atomic E-state index is 9.10. The normalized spacial score (nSPS) is 10.1. The van der Waals surface area contributed by atoms with Crippen LogP contribution < -0.4 is 10.1 Å². The summed E-state index contributed by atoms with van der Waals surface area (Å²) in [6.07, 6.45) is 0. The van der Waals surface area contributed by atoms with Crippen LogP contribution in [0.3, 0.4) is 0 Å². The number of rotatable bonds is 7. The Hall–Kier alpha value is -1.64. The van der Waals surface area contributed by atoms with Crippen LogP contribution in [0.1, 0.15) is 11.1 Å². The number of aryl methyl sites for hydroxylation is 2. The third kappa shape index (κ3) is 10.2. The highest BCUT2D eigenvalue weighted by atomic mass is 79.9. The number of benzene rings is 1. The van der Waals surface area contributed by atoms with Gasteiger partial charge < -0.3 is 25.2 Å². The molecule has 0 aliphatic carbocycles. The van der Waals surface area contributed by atoms with E-state index in [0.717, 1.165) is 29.9 Å². The minimum atomic E-state index is -1.82. The molecule has 1 aromatic rings. The number of hydrogen-bond donors (Lipinski definition) is 3. The standard InChI is InChI=1S/C14H23BrN2O.C2H2O4/c1-11-9-13(15)10-12(2)14(11)18-8-6-16-5-7-17(3)4;3-1(4)2(5)6/h9-10,16H,5-8H2,1-4H3;(H,3,4)(H,5,6). The lowest BCUT2D eigenvalue weighted by molar-refractivity contribution is -0.159. The average Bonchev–Trinajstić information content (AvgIpc) is 2.44. The fraction of sp³-hybridized carbons (Fsp3) is 0.500. The molecule has 0 aromatic heterocycles. The molecule has 136 valence electrons. The zero-order chi connectivity index (χ0) is 18.7. The number of carbonyl (C=O) groups is 2. The topological polar surface area (TPSA) is 99.1 Å². The molecule has 3 N–H and O–H groups in total. The van der Waals surface area contributed by atoms with Crippen molar-refractivity contribution >= 4 is 27.9 Å². The van der Waals surface area contributed by atoms with E-state index in [1.165, 1.54) is 11.1 Å². The van der Waals surface area contributed by atoms with Gasteiger partial charge in [0.25, 0.3) is 0 Å². The molecule has 0 saturated heterocycles. The van der Waals surface area contributed by atoms with Crippen LogP contribution in [0, 0.1) is 13.8 Å². The van der Waals surface area contributed by atoms with Crippen molar-refractivity contribution in [3.05, 3.63) is 27.7 Å². The zero-order valence-corrected chi connectivity index (χ0v) is 16.0. The summed E-state index contributed by atoms with van der Waals surface area (Å²) >= 11 is 3.49. The number of nitrogens with one attached hydrogen (secondary N) is 1. The summed E-state index contributed by atoms with van der Waals surface area (Å²) in [5, 5.41) is 18.1. The third-order valence-corrected chi connectivity index (χ3v) is 3.33. The van der Waals surface area contributed by atoms with Crippen LogP contribution in [-0.4, -0.2) is 67.4 Å². The predicted molar refractivity (Wildman–Crippen MR) is 95.8 cm³/mol. The van der Waals surface area contributed by atoms with Crippen molar-refractivity contribution in [3.8, 4) is 5.75 Å². The predicted octanol–water partition coefficient (Wildman–Crippen LogP) is 1.75. The van der Waals surface area contributed by atoms with E-state index in [1.807, 2.05) is 0 Å². The van der Waals surface area contributed by atoms with E-state index in [4.69, 9.17) is 24.5 Å². The number of nitrogens with zero attached hydrogens (tertiary/aromatic N) is 1. The average molecular weight is 405 g/mol. The SMILES string of the molecule is Cc1cc(Br)cc(C)c1OCCNCCN(C)C.O=C(O)C(=O)O. The highest BCUT2D eigenvalue weighted by Gasteiger charge is 2.05. The first-order valence-electron chi connectivity index (χ1n) is 7.36. The molecule has 8 heteroatoms. The minimum absolute atomic E-state index is 0.705. The Kier molecular flexibility index (Phi) is 11.0. The van der Waals surface area contributed by atoms with Gasteiger partial charge in [-0.1, -0.05) is 15.9 Å². The molecule has 7 nitrogen and oxygen atoms in total. The highest BCUT2D eigenvalue weighted by molar-refractivity contribution is 9.10. The molecule has 24 heavy (non-hydrogen) atoms. The maximum absolute atomic E-state index is 9.10. The summed E-state index contributed by atoms with van der Waals surface area (Å²) in [6.45, 7) is 7.78. The largest absolute Gasteiger partial charge is 0.492 e. The van der Waals surface area contributed by atoms with Gasteiger partial charge >= 0.3 is 11.9 Å². The third-order valence-electron chi connectivity index (χ3n) is 2.87. The van der Waals surface area contributed by atoms with Crippen LogP contribution >= 0.6 is 15.9 Å². The molecular formula is C16H25BrN2O5. The molecule has 0 radical (unpaired) electrons. The molecule has 0 atom stereocenters. The second-order valence-corrected chi connectivity index (χ2v) is 6.30. The first kappa shape index (κ1) is 22.4. The molecule has 0 unspecified atom stereocenters. The second-order valence-electron chi connectivity index (χ2n) is 5.38. The van der Waals surface area contributed by atoms with E-state index < -0.39 is 11.9 Å². The van der Waals surface area contributed by atoms with Crippen molar-refractivity contribution in [2.75, 3.05) is 40.3 Å². The van der Waals surface area contributed by atoms with E-state index in [1.54, 1.807) is 0 Å². The van der Waals surface area contributed by atoms with Crippen LogP contribution in [0.15, 0.2) is 16.6 Å². The van der Waals surface area contributed by atoms with Crippen LogP contribution in [0.2, 0.25) is 0 Å². The Bertz CT molecular complexity index is 514. The molecule has 1 aromatic carbocycles. The first-order chi connectivity index (χ1) is 11.1. The van der Waals surface area contributed by atoms with E-state index in [0.29, 0.717) is 6.61 Å². The van der Waals surface area contributed by atoms with Gasteiger partial charge in [0.1, 0.15) is 12.4 Å². The Labute approximate surface area is 150 Å². The number of halogens is 1. The van der Waals surface area contributed by atoms with Gasteiger partial charge in [0.2, 0.25) is 0 Å². The summed E-state index contributed by atoms with van der Waals surface area (Å²) in [5.74, 6) is -2.64. The van der Waals surface area contributed by atoms with Gasteiger partial charge in [-0.3, -0.25) is 0 Å². The lowest BCUT2D eigenvalue weighted by Gasteiger charge is -2.14. The van der Waals surface area contributed by atoms with E-state index in [-0.39, 0.29) is 0 Å². The number of carboxylic acid groups (broad SMARTS) is 2. The van der Waals surface area contributed by atoms with Crippen molar-refractivity contribution < 1.29 is 24.5 Å². The van der Waals surface area contributed by atoms with Gasteiger partial charge in [-0.2, -0.15) is 0 Å². The van der Waals surface area contributed by atoms with Crippen LogP contribution in [0.25, 0.3) is 0 Å². The molecule has 0 amide bonds. The van der Waals surface area contributed by atoms with E-state index in [9.17, 15) is 0 Å². The van der Waals surface area contributed by atoms with Crippen molar-refractivity contribution in [3.63, 3.8) is 0 Å². The van der Waals surface area contributed by atoms with Gasteiger partial charge in [0.15, 0.2) is 0 Å². The monoisotopic (exact) mass is 404 g/mol. The number of carboxylic acids is 2. The highest BCUT2D eigenvalue weighted by Crippen LogP contribution is 2.27. The van der Waals surface area contributed by atoms with Crippen LogP contribution in [-0.2, 0) is 9.59 Å². The fourth-order valence-electron chi connectivity index (χ4n) is 1.78. The molecule has 0 fully saturated rings. The van der Waals surface area contributed by atoms with Crippen molar-refractivity contribution in [1.82, 2.24) is 10.2 Å². The summed E-state index contributed by atoms with van der Waals surface area (Å²) in [5.41, 5.74) is 2.35. The summed E-state index contributed by atoms with van der Waals surface area (Å²) in [7, 11) is 4.15. The van der Waals surface area contributed by atoms with Gasteiger partial charge in [0.05, 0.1) is 0 Å². The summed E-state index contributed by atoms with van der Waals surface area (Å²) in [6, 6.07) is 4.17. The van der Waals surface area contributed by atoms with Gasteiger partial charge in [-0.15, -0.1) is 0 Å². The summed E-state index contributed by atoms with van der Waals surface area (Å²) < 4.78 is 6.94. The van der Waals surface area contributed by atoms with Crippen molar-refractivity contribution in [2.24, 2.45) is 0 Å². The van der Waals surface area contributed by atoms with Gasteiger partial charge in [-0.25, -0.2) is 9.59 Å². The molecule has 1 rings (SSSR count). The quantitative estimate of drug-likeness (QED) is 0.470. The molecule has 0 bridgehead atoms. The Morgan fingerprint density at radius 2 is 1.62 bits per heavy atom. The summed E-state index contributed by atoms with van der Waals surface area (Å²) in [4.78, 5) is 20.4. The molecule has 0 aliphatic heterocycles. The Balaban J connectivity index is 0.000000754. The second kappa shape index (κ2) is 11.8. The van der Waals surface area contributed by atoms with Gasteiger partial charge in [0, 0.05) is 24.1 Å². The molecule has 0 saturated carbocycles. The van der Waals surface area contributed by atoms with Crippen LogP contribution in [0.5, 0.6) is 5.75 Å². The Morgan fingerprint density at radius 3 is 2.04 bits per heavy atom. The van der Waals surface area contributed by atoms with Crippen LogP contribution in [0.4, 0.5) is 0 Å². The molecule has 0 aliphatic rings.